The molecule has 0 spiro atoms. The summed E-state index contributed by atoms with van der Waals surface area (Å²) in [6, 6.07) is 1.81. The van der Waals surface area contributed by atoms with Gasteiger partial charge in [-0.2, -0.15) is 0 Å². The van der Waals surface area contributed by atoms with Crippen molar-refractivity contribution in [1.29, 1.82) is 0 Å². The van der Waals surface area contributed by atoms with Gasteiger partial charge in [-0.25, -0.2) is 8.78 Å². The van der Waals surface area contributed by atoms with Crippen LogP contribution in [0, 0.1) is 11.6 Å². The Morgan fingerprint density at radius 1 is 1.53 bits per heavy atom. The zero-order valence-corrected chi connectivity index (χ0v) is 8.95. The highest BCUT2D eigenvalue weighted by Crippen LogP contribution is 2.09. The Balaban J connectivity index is 2.84. The van der Waals surface area contributed by atoms with Crippen LogP contribution in [0.25, 0.3) is 0 Å². The molecular weight excluding hydrogens is 232 g/mol. The minimum Gasteiger partial charge on any atom is -0.409 e. The van der Waals surface area contributed by atoms with E-state index in [0.29, 0.717) is 6.07 Å². The van der Waals surface area contributed by atoms with Crippen molar-refractivity contribution >= 4 is 11.7 Å². The molecule has 92 valence electrons. The first-order valence-corrected chi connectivity index (χ1v) is 4.69. The predicted molar refractivity (Wildman–Crippen MR) is 56.7 cm³/mol. The maximum Gasteiger partial charge on any atom is 0.254 e. The van der Waals surface area contributed by atoms with Gasteiger partial charge in [0.25, 0.3) is 5.91 Å². The van der Waals surface area contributed by atoms with Gasteiger partial charge in [0.15, 0.2) is 5.84 Å². The molecule has 1 rings (SSSR count). The molecular formula is C10H11F2N3O2. The highest BCUT2D eigenvalue weighted by Gasteiger charge is 2.16. The van der Waals surface area contributed by atoms with Crippen molar-refractivity contribution in [3.8, 4) is 0 Å². The summed E-state index contributed by atoms with van der Waals surface area (Å²) in [5.74, 6) is -2.75. The predicted octanol–water partition coefficient (Wildman–Crippen LogP) is 0.830. The van der Waals surface area contributed by atoms with E-state index < -0.39 is 23.6 Å². The fourth-order valence-corrected chi connectivity index (χ4v) is 1.11. The number of hydrogen-bond acceptors (Lipinski definition) is 3. The largest absolute Gasteiger partial charge is 0.409 e. The lowest BCUT2D eigenvalue weighted by molar-refractivity contribution is 0.0944. The molecule has 0 aromatic heterocycles. The molecule has 1 atom stereocenters. The van der Waals surface area contributed by atoms with Crippen LogP contribution in [0.3, 0.4) is 0 Å². The van der Waals surface area contributed by atoms with Crippen LogP contribution >= 0.6 is 0 Å². The summed E-state index contributed by atoms with van der Waals surface area (Å²) in [4.78, 5) is 11.5. The number of oxime groups is 1. The van der Waals surface area contributed by atoms with E-state index in [9.17, 15) is 13.6 Å². The Morgan fingerprint density at radius 3 is 2.71 bits per heavy atom. The summed E-state index contributed by atoms with van der Waals surface area (Å²) in [6.45, 7) is 1.45. The van der Waals surface area contributed by atoms with Gasteiger partial charge < -0.3 is 16.3 Å². The average Bonchev–Trinajstić information content (AvgIpc) is 2.27. The number of nitrogens with zero attached hydrogens (tertiary/aromatic N) is 1. The van der Waals surface area contributed by atoms with Crippen molar-refractivity contribution in [1.82, 2.24) is 5.32 Å². The summed E-state index contributed by atoms with van der Waals surface area (Å²) in [7, 11) is 0. The third-order valence-corrected chi connectivity index (χ3v) is 2.08. The highest BCUT2D eigenvalue weighted by atomic mass is 19.1. The number of halogens is 2. The average molecular weight is 243 g/mol. The molecule has 0 aliphatic heterocycles. The van der Waals surface area contributed by atoms with Gasteiger partial charge in [0.2, 0.25) is 0 Å². The fraction of sp³-hybridized carbons (Fsp3) is 0.200. The minimum absolute atomic E-state index is 0.221. The van der Waals surface area contributed by atoms with E-state index in [1.807, 2.05) is 0 Å². The first kappa shape index (κ1) is 12.9. The fourth-order valence-electron chi connectivity index (χ4n) is 1.11. The molecule has 17 heavy (non-hydrogen) atoms. The molecule has 0 saturated heterocycles. The van der Waals surface area contributed by atoms with Gasteiger partial charge in [0.1, 0.15) is 11.6 Å². The van der Waals surface area contributed by atoms with Crippen LogP contribution in [0.15, 0.2) is 23.4 Å². The monoisotopic (exact) mass is 243 g/mol. The first-order valence-electron chi connectivity index (χ1n) is 4.69. The number of nitrogens with two attached hydrogens (primary N) is 1. The Hall–Kier alpha value is -2.18. The number of benzene rings is 1. The molecule has 0 aliphatic rings. The van der Waals surface area contributed by atoms with Gasteiger partial charge in [0, 0.05) is 6.07 Å². The zero-order chi connectivity index (χ0) is 13.0. The van der Waals surface area contributed by atoms with Crippen molar-refractivity contribution < 1.29 is 18.8 Å². The van der Waals surface area contributed by atoms with Gasteiger partial charge >= 0.3 is 0 Å². The Kier molecular flexibility index (Phi) is 3.97. The first-order chi connectivity index (χ1) is 7.95. The molecule has 0 saturated carbocycles. The summed E-state index contributed by atoms with van der Waals surface area (Å²) in [6.07, 6.45) is 0. The molecule has 1 aromatic carbocycles. The van der Waals surface area contributed by atoms with Crippen LogP contribution < -0.4 is 11.1 Å². The second-order valence-electron chi connectivity index (χ2n) is 3.34. The lowest BCUT2D eigenvalue weighted by atomic mass is 10.2. The van der Waals surface area contributed by atoms with Crippen molar-refractivity contribution in [2.45, 2.75) is 13.0 Å². The summed E-state index contributed by atoms with van der Waals surface area (Å²) in [5.41, 5.74) is 4.92. The molecule has 5 nitrogen and oxygen atoms in total. The molecule has 4 N–H and O–H groups in total. The van der Waals surface area contributed by atoms with Gasteiger partial charge in [-0.15, -0.1) is 0 Å². The second-order valence-corrected chi connectivity index (χ2v) is 3.34. The van der Waals surface area contributed by atoms with Crippen LogP contribution in [-0.2, 0) is 0 Å². The molecule has 1 aromatic rings. The summed E-state index contributed by atoms with van der Waals surface area (Å²) >= 11 is 0. The van der Waals surface area contributed by atoms with E-state index in [1.165, 1.54) is 6.92 Å². The Morgan fingerprint density at radius 2 is 2.18 bits per heavy atom. The molecule has 0 radical (unpaired) electrons. The van der Waals surface area contributed by atoms with E-state index in [0.717, 1.165) is 12.1 Å². The van der Waals surface area contributed by atoms with Crippen molar-refractivity contribution in [2.75, 3.05) is 0 Å². The van der Waals surface area contributed by atoms with Crippen LogP contribution in [0.1, 0.15) is 17.3 Å². The van der Waals surface area contributed by atoms with Gasteiger partial charge in [-0.3, -0.25) is 4.79 Å². The summed E-state index contributed by atoms with van der Waals surface area (Å²) < 4.78 is 25.8. The lowest BCUT2D eigenvalue weighted by Gasteiger charge is -2.12. The Labute approximate surface area is 95.9 Å². The normalized spacial score (nSPS) is 13.2. The van der Waals surface area contributed by atoms with Crippen LogP contribution in [-0.4, -0.2) is 23.0 Å². The highest BCUT2D eigenvalue weighted by molar-refractivity contribution is 5.98. The van der Waals surface area contributed by atoms with Crippen LogP contribution in [0.4, 0.5) is 8.78 Å². The standard InChI is InChI=1S/C10H11F2N3O2/c1-5(9(13)15-17)14-10(16)7-3-2-6(11)4-8(7)12/h2-5,17H,1H3,(H2,13,15)(H,14,16). The lowest BCUT2D eigenvalue weighted by Crippen LogP contribution is -2.42. The quantitative estimate of drug-likeness (QED) is 0.318. The van der Waals surface area contributed by atoms with E-state index in [4.69, 9.17) is 10.9 Å². The van der Waals surface area contributed by atoms with Crippen molar-refractivity contribution in [3.05, 3.63) is 35.4 Å². The van der Waals surface area contributed by atoms with E-state index in [1.54, 1.807) is 0 Å². The number of rotatable bonds is 3. The van der Waals surface area contributed by atoms with Gasteiger partial charge in [-0.1, -0.05) is 5.16 Å². The van der Waals surface area contributed by atoms with Crippen molar-refractivity contribution in [2.24, 2.45) is 10.9 Å². The number of carbonyl (C=O) groups excluding carboxylic acids is 1. The number of amides is 1. The van der Waals surface area contributed by atoms with Crippen molar-refractivity contribution in [3.63, 3.8) is 0 Å². The number of amidine groups is 1. The SMILES string of the molecule is CC(NC(=O)c1ccc(F)cc1F)/C(N)=N/O. The third kappa shape index (κ3) is 3.13. The van der Waals surface area contributed by atoms with Gasteiger partial charge in [0.05, 0.1) is 11.6 Å². The number of hydrogen-bond donors (Lipinski definition) is 3. The summed E-state index contributed by atoms with van der Waals surface area (Å²) in [5, 5.41) is 13.4. The van der Waals surface area contributed by atoms with E-state index in [2.05, 4.69) is 10.5 Å². The number of nitrogens with one attached hydrogen (secondary N) is 1. The molecule has 0 bridgehead atoms. The zero-order valence-electron chi connectivity index (χ0n) is 8.95. The second kappa shape index (κ2) is 5.24. The molecule has 0 aliphatic carbocycles. The Bertz CT molecular complexity index is 463. The minimum atomic E-state index is -0.978. The molecule has 0 fully saturated rings. The van der Waals surface area contributed by atoms with E-state index in [-0.39, 0.29) is 11.4 Å². The molecule has 1 unspecified atom stereocenters. The maximum atomic E-state index is 13.2. The third-order valence-electron chi connectivity index (χ3n) is 2.08. The topological polar surface area (TPSA) is 87.7 Å². The molecule has 0 heterocycles. The molecule has 7 heteroatoms. The van der Waals surface area contributed by atoms with E-state index >= 15 is 0 Å². The van der Waals surface area contributed by atoms with Crippen LogP contribution in [0.5, 0.6) is 0 Å². The van der Waals surface area contributed by atoms with Gasteiger partial charge in [-0.05, 0) is 19.1 Å². The van der Waals surface area contributed by atoms with Crippen LogP contribution in [0.2, 0.25) is 0 Å². The maximum absolute atomic E-state index is 13.2. The molecule has 1 amide bonds. The smallest absolute Gasteiger partial charge is 0.254 e. The number of carbonyl (C=O) groups is 1.